The second-order valence-corrected chi connectivity index (χ2v) is 8.22. The molecule has 2 aliphatic rings. The Hall–Kier alpha value is -0.930. The van der Waals surface area contributed by atoms with Gasteiger partial charge >= 0.3 is 5.97 Å². The maximum absolute atomic E-state index is 11.9. The Labute approximate surface area is 186 Å². The summed E-state index contributed by atoms with van der Waals surface area (Å²) in [4.78, 5) is 11.9. The van der Waals surface area contributed by atoms with Gasteiger partial charge in [0.1, 0.15) is 55.9 Å². The predicted octanol–water partition coefficient (Wildman–Crippen LogP) is -2.48. The van der Waals surface area contributed by atoms with Crippen LogP contribution in [0.25, 0.3) is 0 Å². The van der Waals surface area contributed by atoms with Crippen LogP contribution in [-0.2, 0) is 23.7 Å². The van der Waals surface area contributed by atoms with E-state index in [1.165, 1.54) is 0 Å². The van der Waals surface area contributed by atoms with Crippen LogP contribution in [0, 0.1) is 0 Å². The third-order valence-corrected chi connectivity index (χ3v) is 5.78. The van der Waals surface area contributed by atoms with Crippen molar-refractivity contribution in [2.24, 2.45) is 0 Å². The van der Waals surface area contributed by atoms with Gasteiger partial charge in [-0.05, 0) is 6.42 Å². The summed E-state index contributed by atoms with van der Waals surface area (Å²) in [6, 6.07) is 0. The molecule has 0 amide bonds. The van der Waals surface area contributed by atoms with E-state index in [4.69, 9.17) is 18.9 Å². The van der Waals surface area contributed by atoms with E-state index in [9.17, 15) is 40.5 Å². The number of esters is 1. The van der Waals surface area contributed by atoms with Crippen LogP contribution in [-0.4, -0.2) is 116 Å². The fraction of sp³-hybridized carbons (Fsp3) is 0.950. The van der Waals surface area contributed by atoms with Gasteiger partial charge in [-0.25, -0.2) is 0 Å². The molecule has 0 radical (unpaired) electrons. The molecule has 12 heteroatoms. The fourth-order valence-electron chi connectivity index (χ4n) is 3.74. The number of hydrogen-bond donors (Lipinski definition) is 7. The lowest BCUT2D eigenvalue weighted by Gasteiger charge is -2.43. The largest absolute Gasteiger partial charge is 0.463 e. The van der Waals surface area contributed by atoms with E-state index >= 15 is 0 Å². The predicted molar refractivity (Wildman–Crippen MR) is 106 cm³/mol. The standard InChI is InChI=1S/C20H36O12/c1-2-3-4-5-6-7-13(23)29-9-12-15(25)18(28)20(10-22,31-12)32-19-17(27)16(26)14(24)11(8-21)30-19/h11-12,14-19,21-22,24-28H,2-10H2,1H3/t11-,12-,14-,15-,16+,17-,18+,19-,20+/m1/s1. The van der Waals surface area contributed by atoms with Gasteiger partial charge in [-0.3, -0.25) is 4.79 Å². The van der Waals surface area contributed by atoms with Crippen molar-refractivity contribution in [2.75, 3.05) is 19.8 Å². The second kappa shape index (κ2) is 12.5. The van der Waals surface area contributed by atoms with Crippen LogP contribution in [0.2, 0.25) is 0 Å². The van der Waals surface area contributed by atoms with E-state index in [0.29, 0.717) is 6.42 Å². The maximum atomic E-state index is 11.9. The molecule has 0 aromatic heterocycles. The Bertz CT molecular complexity index is 575. The summed E-state index contributed by atoms with van der Waals surface area (Å²) >= 11 is 0. The van der Waals surface area contributed by atoms with Gasteiger partial charge in [0.05, 0.1) is 6.61 Å². The Morgan fingerprint density at radius 3 is 2.22 bits per heavy atom. The number of unbranched alkanes of at least 4 members (excludes halogenated alkanes) is 4. The van der Waals surface area contributed by atoms with Crippen LogP contribution >= 0.6 is 0 Å². The number of carbonyl (C=O) groups is 1. The van der Waals surface area contributed by atoms with Crippen molar-refractivity contribution in [3.8, 4) is 0 Å². The minimum atomic E-state index is -2.27. The minimum Gasteiger partial charge on any atom is -0.463 e. The van der Waals surface area contributed by atoms with E-state index in [2.05, 4.69) is 6.92 Å². The lowest BCUT2D eigenvalue weighted by Crippen LogP contribution is -2.62. The zero-order valence-electron chi connectivity index (χ0n) is 18.2. The number of aliphatic hydroxyl groups excluding tert-OH is 7. The van der Waals surface area contributed by atoms with Crippen molar-refractivity contribution in [3.05, 3.63) is 0 Å². The van der Waals surface area contributed by atoms with Gasteiger partial charge in [-0.15, -0.1) is 0 Å². The number of hydrogen-bond acceptors (Lipinski definition) is 12. The lowest BCUT2D eigenvalue weighted by atomic mass is 9.99. The molecule has 2 rings (SSSR count). The van der Waals surface area contributed by atoms with Crippen LogP contribution in [0.4, 0.5) is 0 Å². The van der Waals surface area contributed by atoms with E-state index in [1.54, 1.807) is 0 Å². The van der Waals surface area contributed by atoms with Crippen molar-refractivity contribution in [2.45, 2.75) is 100 Å². The summed E-state index contributed by atoms with van der Waals surface area (Å²) in [5, 5.41) is 69.7. The van der Waals surface area contributed by atoms with Crippen molar-refractivity contribution < 1.29 is 59.5 Å². The number of rotatable bonds is 12. The molecule has 0 aromatic carbocycles. The summed E-state index contributed by atoms with van der Waals surface area (Å²) in [5.41, 5.74) is 0. The lowest BCUT2D eigenvalue weighted by molar-refractivity contribution is -0.383. The zero-order chi connectivity index (χ0) is 23.9. The molecule has 0 spiro atoms. The first kappa shape index (κ1) is 27.3. The molecule has 0 unspecified atom stereocenters. The topological polar surface area (TPSA) is 196 Å². The first-order valence-electron chi connectivity index (χ1n) is 11.0. The van der Waals surface area contributed by atoms with Crippen LogP contribution in [0.5, 0.6) is 0 Å². The summed E-state index contributed by atoms with van der Waals surface area (Å²) < 4.78 is 21.2. The van der Waals surface area contributed by atoms with E-state index in [-0.39, 0.29) is 6.42 Å². The number of ether oxygens (including phenoxy) is 4. The second-order valence-electron chi connectivity index (χ2n) is 8.22. The number of aliphatic hydroxyl groups is 7. The van der Waals surface area contributed by atoms with E-state index in [0.717, 1.165) is 25.7 Å². The molecule has 12 nitrogen and oxygen atoms in total. The van der Waals surface area contributed by atoms with Gasteiger partial charge in [0.15, 0.2) is 6.29 Å². The van der Waals surface area contributed by atoms with Crippen molar-refractivity contribution in [1.82, 2.24) is 0 Å². The third-order valence-electron chi connectivity index (χ3n) is 5.78. The minimum absolute atomic E-state index is 0.196. The molecule has 2 saturated heterocycles. The highest BCUT2D eigenvalue weighted by atomic mass is 16.8. The molecule has 2 heterocycles. The third kappa shape index (κ3) is 6.35. The molecule has 0 bridgehead atoms. The number of carbonyl (C=O) groups excluding carboxylic acids is 1. The van der Waals surface area contributed by atoms with Crippen LogP contribution in [0.1, 0.15) is 45.4 Å². The van der Waals surface area contributed by atoms with Crippen molar-refractivity contribution in [3.63, 3.8) is 0 Å². The van der Waals surface area contributed by atoms with Gasteiger partial charge < -0.3 is 54.7 Å². The highest BCUT2D eigenvalue weighted by molar-refractivity contribution is 5.69. The molecule has 0 aliphatic carbocycles. The van der Waals surface area contributed by atoms with Gasteiger partial charge in [0, 0.05) is 6.42 Å². The van der Waals surface area contributed by atoms with E-state index < -0.39 is 80.6 Å². The SMILES string of the molecule is CCCCCCCC(=O)OC[C@H]1O[C@@](CO)(O[C@H]2O[C@H](CO)[C@@H](O)[C@H](O)[C@H]2O)[C@@H](O)[C@@H]1O. The highest BCUT2D eigenvalue weighted by Gasteiger charge is 2.58. The van der Waals surface area contributed by atoms with Crippen LogP contribution in [0.15, 0.2) is 0 Å². The molecule has 9 atom stereocenters. The first-order chi connectivity index (χ1) is 15.2. The zero-order valence-corrected chi connectivity index (χ0v) is 18.2. The Morgan fingerprint density at radius 2 is 1.59 bits per heavy atom. The Morgan fingerprint density at radius 1 is 0.906 bits per heavy atom. The van der Waals surface area contributed by atoms with Crippen LogP contribution in [0.3, 0.4) is 0 Å². The summed E-state index contributed by atoms with van der Waals surface area (Å²) in [7, 11) is 0. The fourth-order valence-corrected chi connectivity index (χ4v) is 3.74. The van der Waals surface area contributed by atoms with Gasteiger partial charge in [-0.2, -0.15) is 0 Å². The highest BCUT2D eigenvalue weighted by Crippen LogP contribution is 2.36. The molecule has 188 valence electrons. The molecule has 2 fully saturated rings. The Balaban J connectivity index is 1.94. The molecule has 32 heavy (non-hydrogen) atoms. The summed E-state index contributed by atoms with van der Waals surface area (Å²) in [5.74, 6) is -2.77. The van der Waals surface area contributed by atoms with Crippen LogP contribution < -0.4 is 0 Å². The molecule has 7 N–H and O–H groups in total. The van der Waals surface area contributed by atoms with Gasteiger partial charge in [0.2, 0.25) is 5.79 Å². The van der Waals surface area contributed by atoms with Crippen molar-refractivity contribution >= 4 is 5.97 Å². The quantitative estimate of drug-likeness (QED) is 0.118. The molecule has 0 saturated carbocycles. The average Bonchev–Trinajstić information content (AvgIpc) is 3.02. The smallest absolute Gasteiger partial charge is 0.305 e. The summed E-state index contributed by atoms with van der Waals surface area (Å²) in [6.45, 7) is -0.0167. The molecule has 2 aliphatic heterocycles. The van der Waals surface area contributed by atoms with Gasteiger partial charge in [-0.1, -0.05) is 32.6 Å². The molecular formula is C20H36O12. The first-order valence-corrected chi connectivity index (χ1v) is 11.0. The average molecular weight is 468 g/mol. The normalized spacial score (nSPS) is 39.9. The molecule has 0 aromatic rings. The maximum Gasteiger partial charge on any atom is 0.305 e. The monoisotopic (exact) mass is 468 g/mol. The molecular weight excluding hydrogens is 432 g/mol. The van der Waals surface area contributed by atoms with Crippen molar-refractivity contribution in [1.29, 1.82) is 0 Å². The summed E-state index contributed by atoms with van der Waals surface area (Å²) in [6.07, 6.45) is -7.92. The van der Waals surface area contributed by atoms with Gasteiger partial charge in [0.25, 0.3) is 0 Å². The van der Waals surface area contributed by atoms with E-state index in [1.807, 2.05) is 0 Å². The Kier molecular flexibility index (Phi) is 10.7.